The second-order valence-corrected chi connectivity index (χ2v) is 24.4. The molecule has 3 aliphatic carbocycles. The fraction of sp³-hybridized carbons (Fsp3) is 0.0400. The quantitative estimate of drug-likeness (QED) is 0.0691. The molecule has 1 aromatic heterocycles. The number of fused-ring (bicyclic) bond motifs is 3. The number of hydrogen-bond acceptors (Lipinski definition) is 0. The lowest BCUT2D eigenvalue weighted by Crippen LogP contribution is -2.69. The molecular weight excluding hydrogens is 943 g/mol. The summed E-state index contributed by atoms with van der Waals surface area (Å²) in [6.07, 6.45) is 4.47. The van der Waals surface area contributed by atoms with Crippen molar-refractivity contribution in [2.45, 2.75) is 18.8 Å². The normalized spacial score (nSPS) is 14.9. The van der Waals surface area contributed by atoms with Crippen LogP contribution in [-0.4, -0.2) is 12.6 Å². The second-order valence-electron chi connectivity index (χ2n) is 20.7. The standard InChI is InChI=1S/C75H55NSi/c1-3-26-70(77(57-34-15-7-16-35-57,58-36-17-8-18-37-58)59-38-23-33-55(49-59)52-27-9-4-10-28-52)72-51(2)71-63-40-19-20-41-64(63)75(72)74-65(71)44-25-46-69(74)76-67-45-22-21-39-62(67)66-50-56(47-48-68(66)76)73-60(53-29-11-5-12-30-53)42-24-43-61(73)54-31-13-6-14-32-54/h3-50,71,75H,1H2,2H3/b70-26+. The molecule has 3 aliphatic rings. The SMILES string of the molecule is C=C/C=C(\C1=C(C)C2c3ccccc3C1c1c2cccc1-n1c2ccccc2c2cc(-c3c(-c4ccccc4)cccc3-c3ccccc3)ccc21)[Si](c1ccccc1)(c1ccccc1)c1cccc(-c2ccccc2)c1. The zero-order chi connectivity index (χ0) is 51.5. The van der Waals surface area contributed by atoms with Gasteiger partial charge in [0.2, 0.25) is 0 Å². The highest BCUT2D eigenvalue weighted by Crippen LogP contribution is 2.60. The molecule has 0 aliphatic heterocycles. The van der Waals surface area contributed by atoms with E-state index in [-0.39, 0.29) is 11.8 Å². The van der Waals surface area contributed by atoms with Crippen LogP contribution in [0.4, 0.5) is 0 Å². The highest BCUT2D eigenvalue weighted by atomic mass is 28.3. The first-order valence-electron chi connectivity index (χ1n) is 26.9. The minimum atomic E-state index is -3.19. The third-order valence-corrected chi connectivity index (χ3v) is 21.5. The molecule has 0 fully saturated rings. The van der Waals surface area contributed by atoms with Crippen LogP contribution < -0.4 is 15.6 Å². The monoisotopic (exact) mass is 997 g/mol. The fourth-order valence-corrected chi connectivity index (χ4v) is 18.8. The van der Waals surface area contributed by atoms with Gasteiger partial charge in [-0.2, -0.15) is 0 Å². The largest absolute Gasteiger partial charge is 0.309 e. The Labute approximate surface area is 452 Å². The number of nitrogens with zero attached hydrogens (tertiary/aromatic N) is 1. The Morgan fingerprint density at radius 3 is 1.53 bits per heavy atom. The summed E-state index contributed by atoms with van der Waals surface area (Å²) in [6, 6.07) is 104. The van der Waals surface area contributed by atoms with E-state index in [0.29, 0.717) is 0 Å². The molecule has 2 heteroatoms. The predicted octanol–water partition coefficient (Wildman–Crippen LogP) is 17.2. The molecule has 0 spiro atoms. The van der Waals surface area contributed by atoms with Gasteiger partial charge in [0.25, 0.3) is 0 Å². The highest BCUT2D eigenvalue weighted by Gasteiger charge is 2.51. The van der Waals surface area contributed by atoms with Crippen LogP contribution >= 0.6 is 0 Å². The zero-order valence-electron chi connectivity index (χ0n) is 43.0. The van der Waals surface area contributed by atoms with Crippen LogP contribution in [-0.2, 0) is 0 Å². The van der Waals surface area contributed by atoms with Crippen molar-refractivity contribution in [3.05, 3.63) is 336 Å². The molecule has 2 atom stereocenters. The van der Waals surface area contributed by atoms with Gasteiger partial charge in [-0.1, -0.05) is 279 Å². The van der Waals surface area contributed by atoms with Crippen LogP contribution in [0.3, 0.4) is 0 Å². The van der Waals surface area contributed by atoms with Gasteiger partial charge in [-0.25, -0.2) is 0 Å². The van der Waals surface area contributed by atoms with Crippen LogP contribution in [0, 0.1) is 0 Å². The van der Waals surface area contributed by atoms with Crippen LogP contribution in [0.25, 0.3) is 72.0 Å². The van der Waals surface area contributed by atoms with E-state index < -0.39 is 8.07 Å². The molecule has 15 rings (SSSR count). The number of allylic oxidation sites excluding steroid dienone is 5. The van der Waals surface area contributed by atoms with E-state index >= 15 is 0 Å². The lowest BCUT2D eigenvalue weighted by molar-refractivity contribution is 0.734. The molecule has 0 radical (unpaired) electrons. The smallest absolute Gasteiger partial charge is 0.179 e. The summed E-state index contributed by atoms with van der Waals surface area (Å²) in [5.41, 5.74) is 21.7. The third-order valence-electron chi connectivity index (χ3n) is 16.7. The molecule has 0 saturated carbocycles. The zero-order valence-corrected chi connectivity index (χ0v) is 44.0. The molecule has 12 aromatic rings. The minimum Gasteiger partial charge on any atom is -0.309 e. The topological polar surface area (TPSA) is 4.93 Å². The molecule has 364 valence electrons. The number of benzene rings is 11. The van der Waals surface area contributed by atoms with Crippen molar-refractivity contribution in [3.63, 3.8) is 0 Å². The molecule has 0 amide bonds. The predicted molar refractivity (Wildman–Crippen MR) is 328 cm³/mol. The van der Waals surface area contributed by atoms with E-state index in [4.69, 9.17) is 0 Å². The van der Waals surface area contributed by atoms with Gasteiger partial charge in [-0.3, -0.25) is 0 Å². The molecular formula is C75H55NSi. The Hall–Kier alpha value is -9.34. The van der Waals surface area contributed by atoms with Crippen molar-refractivity contribution in [2.75, 3.05) is 0 Å². The second kappa shape index (κ2) is 19.1. The molecule has 11 aromatic carbocycles. The minimum absolute atomic E-state index is 0.0499. The molecule has 1 heterocycles. The fourth-order valence-electron chi connectivity index (χ4n) is 13.6. The van der Waals surface area contributed by atoms with E-state index in [2.05, 4.69) is 309 Å². The van der Waals surface area contributed by atoms with E-state index in [9.17, 15) is 0 Å². The maximum atomic E-state index is 4.55. The Bertz CT molecular complexity index is 4180. The van der Waals surface area contributed by atoms with Crippen molar-refractivity contribution in [1.82, 2.24) is 4.57 Å². The summed E-state index contributed by atoms with van der Waals surface area (Å²) < 4.78 is 2.59. The van der Waals surface area contributed by atoms with Crippen LogP contribution in [0.1, 0.15) is 41.0 Å². The van der Waals surface area contributed by atoms with Crippen LogP contribution in [0.15, 0.2) is 314 Å². The average Bonchev–Trinajstić information content (AvgIpc) is 4.05. The lowest BCUT2D eigenvalue weighted by Gasteiger charge is -2.48. The van der Waals surface area contributed by atoms with Crippen molar-refractivity contribution in [3.8, 4) is 50.2 Å². The molecule has 2 unspecified atom stereocenters. The first kappa shape index (κ1) is 46.2. The number of para-hydroxylation sites is 1. The van der Waals surface area contributed by atoms with Gasteiger partial charge >= 0.3 is 0 Å². The van der Waals surface area contributed by atoms with Crippen LogP contribution in [0.5, 0.6) is 0 Å². The van der Waals surface area contributed by atoms with Crippen molar-refractivity contribution in [1.29, 1.82) is 0 Å². The number of aromatic nitrogens is 1. The highest BCUT2D eigenvalue weighted by molar-refractivity contribution is 7.16. The Kier molecular flexibility index (Phi) is 11.5. The van der Waals surface area contributed by atoms with E-state index in [1.165, 1.54) is 126 Å². The summed E-state index contributed by atoms with van der Waals surface area (Å²) in [4.78, 5) is 0. The van der Waals surface area contributed by atoms with Gasteiger partial charge in [0, 0.05) is 22.6 Å². The summed E-state index contributed by atoms with van der Waals surface area (Å²) in [6.45, 7) is 6.98. The Morgan fingerprint density at radius 1 is 0.403 bits per heavy atom. The summed E-state index contributed by atoms with van der Waals surface area (Å²) >= 11 is 0. The molecule has 0 saturated heterocycles. The van der Waals surface area contributed by atoms with Crippen LogP contribution in [0.2, 0.25) is 0 Å². The molecule has 1 nitrogen and oxygen atoms in total. The van der Waals surface area contributed by atoms with Gasteiger partial charge in [0.05, 0.1) is 16.7 Å². The first-order valence-corrected chi connectivity index (χ1v) is 28.9. The van der Waals surface area contributed by atoms with Gasteiger partial charge in [-0.15, -0.1) is 0 Å². The van der Waals surface area contributed by atoms with E-state index in [0.717, 1.165) is 0 Å². The number of hydrogen-bond donors (Lipinski definition) is 0. The van der Waals surface area contributed by atoms with Crippen molar-refractivity contribution in [2.24, 2.45) is 0 Å². The van der Waals surface area contributed by atoms with Gasteiger partial charge < -0.3 is 4.57 Å². The third kappa shape index (κ3) is 7.35. The van der Waals surface area contributed by atoms with Gasteiger partial charge in [-0.05, 0) is 124 Å². The lowest BCUT2D eigenvalue weighted by atomic mass is 9.60. The average molecular weight is 998 g/mol. The van der Waals surface area contributed by atoms with E-state index in [1.807, 2.05) is 0 Å². The summed E-state index contributed by atoms with van der Waals surface area (Å²) in [5.74, 6) is -0.0271. The maximum absolute atomic E-state index is 4.55. The first-order chi connectivity index (χ1) is 38.1. The Balaban J connectivity index is 1.03. The summed E-state index contributed by atoms with van der Waals surface area (Å²) in [5, 5.41) is 7.87. The van der Waals surface area contributed by atoms with Crippen molar-refractivity contribution < 1.29 is 0 Å². The maximum Gasteiger partial charge on any atom is 0.179 e. The summed E-state index contributed by atoms with van der Waals surface area (Å²) in [7, 11) is -3.19. The van der Waals surface area contributed by atoms with Crippen molar-refractivity contribution >= 4 is 45.4 Å². The van der Waals surface area contributed by atoms with Gasteiger partial charge in [0.1, 0.15) is 0 Å². The number of rotatable bonds is 11. The Morgan fingerprint density at radius 2 is 0.896 bits per heavy atom. The van der Waals surface area contributed by atoms with Gasteiger partial charge in [0.15, 0.2) is 8.07 Å². The molecule has 2 bridgehead atoms. The van der Waals surface area contributed by atoms with E-state index in [1.54, 1.807) is 0 Å². The molecule has 77 heavy (non-hydrogen) atoms. The molecule has 0 N–H and O–H groups in total.